The van der Waals surface area contributed by atoms with Crippen LogP contribution in [-0.4, -0.2) is 40.7 Å². The molecule has 0 saturated heterocycles. The largest absolute Gasteiger partial charge is 0.405 e. The number of nitrogens with zero attached hydrogens (tertiary/aromatic N) is 3. The number of rotatable bonds is 8. The molecule has 2 aromatic rings. The normalized spacial score (nSPS) is 13.0. The summed E-state index contributed by atoms with van der Waals surface area (Å²) in [5.41, 5.74) is 1.09. The molecule has 1 aromatic heterocycles. The number of hydrogen-bond donors (Lipinski definition) is 1. The van der Waals surface area contributed by atoms with Gasteiger partial charge in [0.25, 0.3) is 5.91 Å². The summed E-state index contributed by atoms with van der Waals surface area (Å²) < 4.78 is 41.8. The number of aryl methyl sites for hydroxylation is 1. The fourth-order valence-electron chi connectivity index (χ4n) is 2.42. The predicted octanol–water partition coefficient (Wildman–Crippen LogP) is 3.51. The number of benzene rings is 1. The van der Waals surface area contributed by atoms with E-state index in [1.54, 1.807) is 12.1 Å². The number of nitrogens with one attached hydrogen (secondary N) is 1. The number of hydrogen-bond acceptors (Lipinski definition) is 5. The van der Waals surface area contributed by atoms with E-state index in [1.165, 1.54) is 12.1 Å². The minimum Gasteiger partial charge on any atom is -0.343 e. The molecule has 0 aliphatic heterocycles. The molecule has 0 fully saturated rings. The van der Waals surface area contributed by atoms with Crippen LogP contribution >= 0.6 is 0 Å². The van der Waals surface area contributed by atoms with Crippen LogP contribution in [0.5, 0.6) is 0 Å². The molecule has 1 unspecified atom stereocenters. The van der Waals surface area contributed by atoms with E-state index in [-0.39, 0.29) is 11.6 Å². The molecule has 148 valence electrons. The number of aromatic nitrogens is 2. The third-order valence-corrected chi connectivity index (χ3v) is 4.07. The zero-order chi connectivity index (χ0) is 20.0. The van der Waals surface area contributed by atoms with Crippen molar-refractivity contribution < 1.29 is 22.5 Å². The number of alkyl halides is 3. The number of carbonyl (C=O) groups excluding carboxylic acids is 1. The van der Waals surface area contributed by atoms with Crippen LogP contribution in [-0.2, 0) is 13.0 Å². The Bertz CT molecular complexity index is 744. The Kier molecular flexibility index (Phi) is 6.95. The van der Waals surface area contributed by atoms with E-state index >= 15 is 0 Å². The topological polar surface area (TPSA) is 71.3 Å². The fourth-order valence-corrected chi connectivity index (χ4v) is 2.42. The summed E-state index contributed by atoms with van der Waals surface area (Å²) in [6.45, 7) is 3.19. The predicted molar refractivity (Wildman–Crippen MR) is 93.0 cm³/mol. The van der Waals surface area contributed by atoms with Crippen LogP contribution in [0.25, 0.3) is 0 Å². The Morgan fingerprint density at radius 3 is 2.56 bits per heavy atom. The number of amides is 1. The van der Waals surface area contributed by atoms with E-state index in [4.69, 9.17) is 4.52 Å². The van der Waals surface area contributed by atoms with Crippen molar-refractivity contribution >= 4 is 5.91 Å². The first kappa shape index (κ1) is 20.9. The maximum Gasteiger partial charge on any atom is 0.405 e. The van der Waals surface area contributed by atoms with Gasteiger partial charge in [-0.1, -0.05) is 24.2 Å². The molecular weight excluding hydrogens is 361 g/mol. The van der Waals surface area contributed by atoms with Crippen molar-refractivity contribution in [3.63, 3.8) is 0 Å². The summed E-state index contributed by atoms with van der Waals surface area (Å²) in [7, 11) is 1.90. The summed E-state index contributed by atoms with van der Waals surface area (Å²) in [5.74, 6) is 0.459. The second-order valence-electron chi connectivity index (χ2n) is 6.38. The van der Waals surface area contributed by atoms with Gasteiger partial charge in [0.05, 0.1) is 6.04 Å². The van der Waals surface area contributed by atoms with Crippen LogP contribution < -0.4 is 5.32 Å². The van der Waals surface area contributed by atoms with Crippen molar-refractivity contribution in [1.29, 1.82) is 0 Å². The van der Waals surface area contributed by atoms with Crippen molar-refractivity contribution in [3.8, 4) is 0 Å². The van der Waals surface area contributed by atoms with Gasteiger partial charge in [-0.15, -0.1) is 0 Å². The van der Waals surface area contributed by atoms with Gasteiger partial charge in [-0.2, -0.15) is 18.2 Å². The highest BCUT2D eigenvalue weighted by Gasteiger charge is 2.27. The smallest absolute Gasteiger partial charge is 0.343 e. The van der Waals surface area contributed by atoms with E-state index in [1.807, 2.05) is 31.1 Å². The maximum absolute atomic E-state index is 12.2. The standard InChI is InChI=1S/C18H23F3N4O2/c1-4-5-15-23-17(27-24-15)12(2)25(3)10-13-6-8-14(9-7-13)16(26)22-11-18(19,20)21/h6-9,12H,4-5,10-11H2,1-3H3,(H,22,26). The Morgan fingerprint density at radius 1 is 1.30 bits per heavy atom. The van der Waals surface area contributed by atoms with Crippen LogP contribution in [0.1, 0.15) is 53.9 Å². The van der Waals surface area contributed by atoms with E-state index in [2.05, 4.69) is 10.1 Å². The summed E-state index contributed by atoms with van der Waals surface area (Å²) in [4.78, 5) is 18.1. The molecule has 2 rings (SSSR count). The van der Waals surface area contributed by atoms with Gasteiger partial charge >= 0.3 is 6.18 Å². The van der Waals surface area contributed by atoms with Crippen LogP contribution in [0, 0.1) is 0 Å². The van der Waals surface area contributed by atoms with Gasteiger partial charge in [-0.25, -0.2) is 0 Å². The number of halogens is 3. The van der Waals surface area contributed by atoms with Crippen molar-refractivity contribution in [1.82, 2.24) is 20.4 Å². The molecule has 0 spiro atoms. The second-order valence-corrected chi connectivity index (χ2v) is 6.38. The second kappa shape index (κ2) is 8.98. The van der Waals surface area contributed by atoms with E-state index in [0.29, 0.717) is 18.3 Å². The van der Waals surface area contributed by atoms with Gasteiger partial charge in [-0.05, 0) is 38.1 Å². The highest BCUT2D eigenvalue weighted by atomic mass is 19.4. The zero-order valence-corrected chi connectivity index (χ0v) is 15.5. The lowest BCUT2D eigenvalue weighted by Gasteiger charge is -2.21. The molecule has 0 aliphatic rings. The van der Waals surface area contributed by atoms with Gasteiger partial charge in [0.2, 0.25) is 5.89 Å². The molecule has 27 heavy (non-hydrogen) atoms. The third kappa shape index (κ3) is 6.35. The van der Waals surface area contributed by atoms with Gasteiger partial charge < -0.3 is 9.84 Å². The molecule has 9 heteroatoms. The Hall–Kier alpha value is -2.42. The first-order valence-corrected chi connectivity index (χ1v) is 8.66. The molecule has 0 saturated carbocycles. The van der Waals surface area contributed by atoms with E-state index in [9.17, 15) is 18.0 Å². The first-order chi connectivity index (χ1) is 12.7. The van der Waals surface area contributed by atoms with Crippen LogP contribution in [0.3, 0.4) is 0 Å². The molecule has 1 heterocycles. The molecule has 1 N–H and O–H groups in total. The van der Waals surface area contributed by atoms with Crippen molar-refractivity contribution in [3.05, 3.63) is 47.1 Å². The van der Waals surface area contributed by atoms with Crippen LogP contribution in [0.2, 0.25) is 0 Å². The SMILES string of the molecule is CCCc1noc(C(C)N(C)Cc2ccc(C(=O)NCC(F)(F)F)cc2)n1. The molecule has 0 aliphatic carbocycles. The van der Waals surface area contributed by atoms with Gasteiger partial charge in [0, 0.05) is 18.5 Å². The highest BCUT2D eigenvalue weighted by Crippen LogP contribution is 2.20. The van der Waals surface area contributed by atoms with Gasteiger partial charge in [-0.3, -0.25) is 9.69 Å². The summed E-state index contributed by atoms with van der Waals surface area (Å²) in [6, 6.07) is 6.33. The van der Waals surface area contributed by atoms with E-state index in [0.717, 1.165) is 18.4 Å². The third-order valence-electron chi connectivity index (χ3n) is 4.07. The lowest BCUT2D eigenvalue weighted by atomic mass is 10.1. The molecule has 6 nitrogen and oxygen atoms in total. The molecule has 0 bridgehead atoms. The van der Waals surface area contributed by atoms with Gasteiger partial charge in [0.1, 0.15) is 6.54 Å². The Morgan fingerprint density at radius 2 is 1.96 bits per heavy atom. The lowest BCUT2D eigenvalue weighted by Crippen LogP contribution is -2.33. The minimum atomic E-state index is -4.43. The average Bonchev–Trinajstić information content (AvgIpc) is 3.08. The maximum atomic E-state index is 12.2. The van der Waals surface area contributed by atoms with Crippen LogP contribution in [0.4, 0.5) is 13.2 Å². The average molecular weight is 384 g/mol. The molecule has 1 amide bonds. The first-order valence-electron chi connectivity index (χ1n) is 8.66. The summed E-state index contributed by atoms with van der Waals surface area (Å²) in [6.07, 6.45) is -2.73. The molecular formula is C18H23F3N4O2. The van der Waals surface area contributed by atoms with Crippen LogP contribution in [0.15, 0.2) is 28.8 Å². The zero-order valence-electron chi connectivity index (χ0n) is 15.5. The van der Waals surface area contributed by atoms with Crippen molar-refractivity contribution in [2.45, 2.75) is 45.5 Å². The monoisotopic (exact) mass is 384 g/mol. The fraction of sp³-hybridized carbons (Fsp3) is 0.500. The number of carbonyl (C=O) groups is 1. The molecule has 0 radical (unpaired) electrons. The Balaban J connectivity index is 1.93. The van der Waals surface area contributed by atoms with Gasteiger partial charge in [0.15, 0.2) is 5.82 Å². The Labute approximate surface area is 155 Å². The van der Waals surface area contributed by atoms with E-state index < -0.39 is 18.6 Å². The molecule has 1 aromatic carbocycles. The molecule has 1 atom stereocenters. The summed E-state index contributed by atoms with van der Waals surface area (Å²) in [5, 5.41) is 5.79. The lowest BCUT2D eigenvalue weighted by molar-refractivity contribution is -0.123. The highest BCUT2D eigenvalue weighted by molar-refractivity contribution is 5.94. The van der Waals surface area contributed by atoms with Crippen molar-refractivity contribution in [2.24, 2.45) is 0 Å². The van der Waals surface area contributed by atoms with Crippen molar-refractivity contribution in [2.75, 3.05) is 13.6 Å². The summed E-state index contributed by atoms with van der Waals surface area (Å²) >= 11 is 0. The quantitative estimate of drug-likeness (QED) is 0.754. The minimum absolute atomic E-state index is 0.0992.